The van der Waals surface area contributed by atoms with Gasteiger partial charge in [-0.1, -0.05) is 24.5 Å². The van der Waals surface area contributed by atoms with Crippen LogP contribution in [0.4, 0.5) is 17.3 Å². The van der Waals surface area contributed by atoms with Crippen LogP contribution in [0, 0.1) is 12.7 Å². The van der Waals surface area contributed by atoms with Gasteiger partial charge >= 0.3 is 58.4 Å². The van der Waals surface area contributed by atoms with E-state index in [2.05, 4.69) is 0 Å². The van der Waals surface area contributed by atoms with Gasteiger partial charge in [0.15, 0.2) is 0 Å². The van der Waals surface area contributed by atoms with Crippen LogP contribution >= 0.6 is 0 Å². The standard InChI is InChI=1S/C8H8BF4.K/c1-6-3-2-4-7(8(6)10)5-9(11,12)13;/h2-4H,5H2,1H3;/q-1;+1. The second kappa shape index (κ2) is 5.65. The zero-order valence-corrected chi connectivity index (χ0v) is 11.2. The number of halogens is 4. The van der Waals surface area contributed by atoms with Crippen molar-refractivity contribution >= 4 is 6.98 Å². The van der Waals surface area contributed by atoms with Crippen LogP contribution in [0.1, 0.15) is 11.1 Å². The van der Waals surface area contributed by atoms with Crippen molar-refractivity contribution < 1.29 is 68.7 Å². The predicted octanol–water partition coefficient (Wildman–Crippen LogP) is 0.0672. The molecule has 1 rings (SSSR count). The number of rotatable bonds is 2. The van der Waals surface area contributed by atoms with Gasteiger partial charge in [0.25, 0.3) is 0 Å². The predicted molar refractivity (Wildman–Crippen MR) is 43.9 cm³/mol. The van der Waals surface area contributed by atoms with Gasteiger partial charge in [-0.2, -0.15) is 0 Å². The Morgan fingerprint density at radius 3 is 2.29 bits per heavy atom. The van der Waals surface area contributed by atoms with E-state index < -0.39 is 19.1 Å². The number of hydrogen-bond acceptors (Lipinski definition) is 0. The Bertz CT molecular complexity index is 311. The van der Waals surface area contributed by atoms with E-state index in [1.165, 1.54) is 19.1 Å². The molecule has 0 bridgehead atoms. The molecule has 0 fully saturated rings. The van der Waals surface area contributed by atoms with E-state index in [-0.39, 0.29) is 62.5 Å². The maximum absolute atomic E-state index is 13.0. The molecule has 0 heterocycles. The molecule has 0 aliphatic carbocycles. The van der Waals surface area contributed by atoms with Crippen LogP contribution in [0.15, 0.2) is 18.2 Å². The van der Waals surface area contributed by atoms with E-state index in [0.717, 1.165) is 6.07 Å². The summed E-state index contributed by atoms with van der Waals surface area (Å²) in [5.41, 5.74) is -0.0231. The summed E-state index contributed by atoms with van der Waals surface area (Å²) >= 11 is 0. The van der Waals surface area contributed by atoms with Crippen molar-refractivity contribution in [2.45, 2.75) is 13.2 Å². The first-order valence-corrected chi connectivity index (χ1v) is 3.85. The molecule has 0 aliphatic rings. The van der Waals surface area contributed by atoms with Crippen molar-refractivity contribution in [3.8, 4) is 0 Å². The molecule has 0 atom stereocenters. The van der Waals surface area contributed by atoms with Gasteiger partial charge in [0.05, 0.1) is 0 Å². The molecule has 14 heavy (non-hydrogen) atoms. The van der Waals surface area contributed by atoms with Crippen molar-refractivity contribution in [2.75, 3.05) is 0 Å². The number of hydrogen-bond donors (Lipinski definition) is 0. The Labute approximate surface area is 123 Å². The van der Waals surface area contributed by atoms with Gasteiger partial charge in [0.2, 0.25) is 0 Å². The third-order valence-corrected chi connectivity index (χ3v) is 1.72. The molecular weight excluding hydrogens is 222 g/mol. The smallest absolute Gasteiger partial charge is 0.449 e. The maximum Gasteiger partial charge on any atom is 1.00 e. The van der Waals surface area contributed by atoms with E-state index in [1.807, 2.05) is 0 Å². The molecule has 0 aliphatic heterocycles. The van der Waals surface area contributed by atoms with Crippen LogP contribution in [0.2, 0.25) is 0 Å². The Balaban J connectivity index is 0.00000169. The van der Waals surface area contributed by atoms with Crippen LogP contribution in [-0.2, 0) is 6.32 Å². The van der Waals surface area contributed by atoms with Crippen LogP contribution in [0.3, 0.4) is 0 Å². The quantitative estimate of drug-likeness (QED) is 0.498. The van der Waals surface area contributed by atoms with Crippen molar-refractivity contribution in [3.05, 3.63) is 35.1 Å². The normalized spacial score (nSPS) is 10.9. The topological polar surface area (TPSA) is 0 Å². The Morgan fingerprint density at radius 1 is 1.21 bits per heavy atom. The van der Waals surface area contributed by atoms with Gasteiger partial charge in [-0.05, 0) is 18.1 Å². The first kappa shape index (κ1) is 14.6. The molecule has 1 aromatic rings. The SMILES string of the molecule is Cc1cccc(C[B-](F)(F)F)c1F.[K+]. The summed E-state index contributed by atoms with van der Waals surface area (Å²) in [4.78, 5) is 0. The van der Waals surface area contributed by atoms with Crippen LogP contribution in [0.25, 0.3) is 0 Å². The zero-order chi connectivity index (χ0) is 10.1. The minimum atomic E-state index is -4.96. The molecule has 0 saturated heterocycles. The molecule has 72 valence electrons. The van der Waals surface area contributed by atoms with Crippen LogP contribution in [-0.4, -0.2) is 6.98 Å². The number of aryl methyl sites for hydroxylation is 1. The second-order valence-corrected chi connectivity index (χ2v) is 2.96. The monoisotopic (exact) mass is 230 g/mol. The maximum atomic E-state index is 13.0. The molecule has 0 radical (unpaired) electrons. The molecule has 0 saturated carbocycles. The van der Waals surface area contributed by atoms with E-state index in [9.17, 15) is 17.3 Å². The van der Waals surface area contributed by atoms with E-state index in [1.54, 1.807) is 0 Å². The molecule has 0 N–H and O–H groups in total. The summed E-state index contributed by atoms with van der Waals surface area (Å²) in [5.74, 6) is -0.748. The van der Waals surface area contributed by atoms with Crippen molar-refractivity contribution in [1.82, 2.24) is 0 Å². The molecule has 0 amide bonds. The zero-order valence-electron chi connectivity index (χ0n) is 8.03. The fourth-order valence-electron chi connectivity index (χ4n) is 1.12. The summed E-state index contributed by atoms with van der Waals surface area (Å²) < 4.78 is 48.9. The fourth-order valence-corrected chi connectivity index (χ4v) is 1.12. The molecular formula is C8H8BF4K. The van der Waals surface area contributed by atoms with Crippen molar-refractivity contribution in [1.29, 1.82) is 0 Å². The van der Waals surface area contributed by atoms with Gasteiger partial charge in [-0.15, -0.1) is 0 Å². The third kappa shape index (κ3) is 4.44. The van der Waals surface area contributed by atoms with E-state index >= 15 is 0 Å². The summed E-state index contributed by atoms with van der Waals surface area (Å²) in [6, 6.07) is 4.04. The minimum absolute atomic E-state index is 0. The van der Waals surface area contributed by atoms with Gasteiger partial charge in [-0.25, -0.2) is 4.39 Å². The van der Waals surface area contributed by atoms with Gasteiger partial charge in [0.1, 0.15) is 5.82 Å². The third-order valence-electron chi connectivity index (χ3n) is 1.72. The summed E-state index contributed by atoms with van der Waals surface area (Å²) in [6.07, 6.45) is -1.15. The first-order chi connectivity index (χ1) is 5.90. The molecule has 6 heteroatoms. The van der Waals surface area contributed by atoms with E-state index in [0.29, 0.717) is 0 Å². The average molecular weight is 230 g/mol. The van der Waals surface area contributed by atoms with Crippen LogP contribution < -0.4 is 51.4 Å². The fraction of sp³-hybridized carbons (Fsp3) is 0.250. The summed E-state index contributed by atoms with van der Waals surface area (Å²) in [6.45, 7) is -3.51. The van der Waals surface area contributed by atoms with Gasteiger partial charge in [-0.3, -0.25) is 0 Å². The molecule has 1 aromatic carbocycles. The summed E-state index contributed by atoms with van der Waals surface area (Å²) in [5, 5.41) is 0. The van der Waals surface area contributed by atoms with Gasteiger partial charge in [0, 0.05) is 0 Å². The Morgan fingerprint density at radius 2 is 1.79 bits per heavy atom. The van der Waals surface area contributed by atoms with Gasteiger partial charge < -0.3 is 12.9 Å². The summed E-state index contributed by atoms with van der Waals surface area (Å²) in [7, 11) is 0. The molecule has 0 nitrogen and oxygen atoms in total. The minimum Gasteiger partial charge on any atom is -0.449 e. The first-order valence-electron chi connectivity index (χ1n) is 3.85. The molecule has 0 aromatic heterocycles. The Hall–Kier alpha value is 0.641. The largest absolute Gasteiger partial charge is 1.00 e. The second-order valence-electron chi connectivity index (χ2n) is 2.96. The van der Waals surface area contributed by atoms with Crippen molar-refractivity contribution in [3.63, 3.8) is 0 Å². The van der Waals surface area contributed by atoms with Crippen LogP contribution in [0.5, 0.6) is 0 Å². The molecule has 0 spiro atoms. The average Bonchev–Trinajstić information content (AvgIpc) is 1.96. The van der Waals surface area contributed by atoms with Crippen molar-refractivity contribution in [2.24, 2.45) is 0 Å². The Kier molecular flexibility index (Phi) is 5.91. The van der Waals surface area contributed by atoms with E-state index in [4.69, 9.17) is 0 Å². The molecule has 0 unspecified atom stereocenters. The number of benzene rings is 1.